The minimum Gasteiger partial charge on any atom is -0.497 e. The summed E-state index contributed by atoms with van der Waals surface area (Å²) in [5.74, 6) is 0.298. The summed E-state index contributed by atoms with van der Waals surface area (Å²) in [6.07, 6.45) is 0.495. The number of hydrazone groups is 1. The number of morpholine rings is 1. The van der Waals surface area contributed by atoms with E-state index in [2.05, 4.69) is 4.90 Å². The Bertz CT molecular complexity index is 1330. The number of halogens is 1. The van der Waals surface area contributed by atoms with Gasteiger partial charge in [0.15, 0.2) is 0 Å². The second kappa shape index (κ2) is 12.7. The minimum absolute atomic E-state index is 0.0864. The number of amides is 2. The largest absolute Gasteiger partial charge is 0.497 e. The Morgan fingerprint density at radius 3 is 2.69 bits per heavy atom. The lowest BCUT2D eigenvalue weighted by Crippen LogP contribution is -2.46. The third kappa shape index (κ3) is 6.50. The van der Waals surface area contributed by atoms with Gasteiger partial charge in [0.1, 0.15) is 12.3 Å². The number of carbonyl (C=O) groups is 2. The molecule has 0 aliphatic carbocycles. The summed E-state index contributed by atoms with van der Waals surface area (Å²) in [5, 5.41) is 8.72. The van der Waals surface area contributed by atoms with Crippen LogP contribution in [0.1, 0.15) is 33.3 Å². The third-order valence-electron chi connectivity index (χ3n) is 6.97. The van der Waals surface area contributed by atoms with Gasteiger partial charge < -0.3 is 14.4 Å². The quantitative estimate of drug-likeness (QED) is 0.379. The number of hydrogen-bond donors (Lipinski definition) is 0. The summed E-state index contributed by atoms with van der Waals surface area (Å²) in [6, 6.07) is 18.4. The van der Waals surface area contributed by atoms with E-state index in [1.807, 2.05) is 60.0 Å². The average Bonchev–Trinajstić information content (AvgIpc) is 3.67. The van der Waals surface area contributed by atoms with Crippen molar-refractivity contribution in [1.82, 2.24) is 14.8 Å². The molecule has 204 valence electrons. The van der Waals surface area contributed by atoms with E-state index in [9.17, 15) is 9.59 Å². The Morgan fingerprint density at radius 2 is 1.95 bits per heavy atom. The van der Waals surface area contributed by atoms with E-state index in [1.165, 1.54) is 16.3 Å². The Balaban J connectivity index is 1.41. The van der Waals surface area contributed by atoms with Crippen LogP contribution in [0.2, 0.25) is 5.02 Å². The fraction of sp³-hybridized carbons (Fsp3) is 0.345. The SMILES string of the molecule is COc1cccc(C2=NN(C(=O)CN(CCN3CCOCC3)C(=O)c3cccs3)[C@H](c3ccccc3Cl)C2)c1. The molecule has 1 aromatic heterocycles. The summed E-state index contributed by atoms with van der Waals surface area (Å²) in [4.78, 5) is 31.8. The van der Waals surface area contributed by atoms with Crippen molar-refractivity contribution in [3.8, 4) is 5.75 Å². The first-order chi connectivity index (χ1) is 19.0. The number of benzene rings is 2. The maximum Gasteiger partial charge on any atom is 0.264 e. The van der Waals surface area contributed by atoms with Crippen molar-refractivity contribution in [2.45, 2.75) is 12.5 Å². The Labute approximate surface area is 237 Å². The van der Waals surface area contributed by atoms with E-state index >= 15 is 0 Å². The molecule has 0 bridgehead atoms. The van der Waals surface area contributed by atoms with E-state index < -0.39 is 0 Å². The van der Waals surface area contributed by atoms with Crippen LogP contribution in [0.25, 0.3) is 0 Å². The van der Waals surface area contributed by atoms with Crippen LogP contribution in [0.4, 0.5) is 0 Å². The van der Waals surface area contributed by atoms with Crippen LogP contribution in [0.15, 0.2) is 71.1 Å². The average molecular weight is 567 g/mol. The summed E-state index contributed by atoms with van der Waals surface area (Å²) < 4.78 is 10.9. The predicted molar refractivity (Wildman–Crippen MR) is 153 cm³/mol. The zero-order valence-electron chi connectivity index (χ0n) is 21.8. The number of nitrogens with zero attached hydrogens (tertiary/aromatic N) is 4. The highest BCUT2D eigenvalue weighted by Gasteiger charge is 2.35. The van der Waals surface area contributed by atoms with Gasteiger partial charge in [-0.3, -0.25) is 14.5 Å². The molecule has 5 rings (SSSR count). The topological polar surface area (TPSA) is 74.7 Å². The van der Waals surface area contributed by atoms with Crippen molar-refractivity contribution in [3.63, 3.8) is 0 Å². The van der Waals surface area contributed by atoms with E-state index in [-0.39, 0.29) is 24.4 Å². The van der Waals surface area contributed by atoms with Crippen molar-refractivity contribution in [3.05, 3.63) is 87.1 Å². The molecule has 3 heterocycles. The normalized spacial score (nSPS) is 17.6. The van der Waals surface area contributed by atoms with Crippen molar-refractivity contribution in [2.24, 2.45) is 5.10 Å². The molecule has 1 fully saturated rings. The molecule has 2 aliphatic rings. The van der Waals surface area contributed by atoms with E-state index in [0.29, 0.717) is 48.4 Å². The maximum absolute atomic E-state index is 13.9. The third-order valence-corrected chi connectivity index (χ3v) is 8.17. The van der Waals surface area contributed by atoms with Crippen LogP contribution in [0, 0.1) is 0 Å². The van der Waals surface area contributed by atoms with Crippen LogP contribution < -0.4 is 4.74 Å². The van der Waals surface area contributed by atoms with Gasteiger partial charge in [-0.1, -0.05) is 48.0 Å². The molecule has 39 heavy (non-hydrogen) atoms. The fourth-order valence-corrected chi connectivity index (χ4v) is 5.79. The highest BCUT2D eigenvalue weighted by atomic mass is 35.5. The predicted octanol–water partition coefficient (Wildman–Crippen LogP) is 4.56. The van der Waals surface area contributed by atoms with Crippen LogP contribution >= 0.6 is 22.9 Å². The monoisotopic (exact) mass is 566 g/mol. The Kier molecular flexibility index (Phi) is 8.93. The van der Waals surface area contributed by atoms with Gasteiger partial charge in [0, 0.05) is 43.2 Å². The zero-order chi connectivity index (χ0) is 27.2. The highest BCUT2D eigenvalue weighted by molar-refractivity contribution is 7.12. The molecule has 0 spiro atoms. The molecule has 0 saturated carbocycles. The number of thiophene rings is 1. The van der Waals surface area contributed by atoms with Gasteiger partial charge >= 0.3 is 0 Å². The fourth-order valence-electron chi connectivity index (χ4n) is 4.84. The van der Waals surface area contributed by atoms with E-state index in [4.69, 9.17) is 26.2 Å². The standard InChI is InChI=1S/C29H31ClN4O4S/c1-37-22-7-4-6-21(18-22)25-19-26(23-8-2-3-9-24(23)30)34(31-25)28(35)20-33(29(36)27-10-5-17-39-27)12-11-32-13-15-38-16-14-32/h2-10,17-18,26H,11-16,19-20H2,1H3/t26-/m0/s1. The first kappa shape index (κ1) is 27.3. The van der Waals surface area contributed by atoms with Crippen LogP contribution in [0.5, 0.6) is 5.75 Å². The second-order valence-corrected chi connectivity index (χ2v) is 10.8. The molecule has 1 atom stereocenters. The number of ether oxygens (including phenoxy) is 2. The Morgan fingerprint density at radius 1 is 1.13 bits per heavy atom. The smallest absolute Gasteiger partial charge is 0.264 e. The summed E-state index contributed by atoms with van der Waals surface area (Å²) in [7, 11) is 1.62. The van der Waals surface area contributed by atoms with Gasteiger partial charge in [-0.2, -0.15) is 5.10 Å². The molecule has 2 amide bonds. The number of methoxy groups -OCH3 is 1. The molecular weight excluding hydrogens is 536 g/mol. The minimum atomic E-state index is -0.384. The zero-order valence-corrected chi connectivity index (χ0v) is 23.4. The molecule has 0 radical (unpaired) electrons. The van der Waals surface area contributed by atoms with Crippen molar-refractivity contribution in [2.75, 3.05) is 53.0 Å². The van der Waals surface area contributed by atoms with Crippen molar-refractivity contribution < 1.29 is 19.1 Å². The van der Waals surface area contributed by atoms with E-state index in [1.54, 1.807) is 18.1 Å². The first-order valence-corrected chi connectivity index (χ1v) is 14.2. The molecule has 2 aliphatic heterocycles. The van der Waals surface area contributed by atoms with E-state index in [0.717, 1.165) is 29.9 Å². The lowest BCUT2D eigenvalue weighted by molar-refractivity contribution is -0.133. The van der Waals surface area contributed by atoms with Gasteiger partial charge in [-0.15, -0.1) is 11.3 Å². The summed E-state index contributed by atoms with van der Waals surface area (Å²) in [6.45, 7) is 3.98. The van der Waals surface area contributed by atoms with Gasteiger partial charge in [0.2, 0.25) is 0 Å². The molecule has 0 unspecified atom stereocenters. The number of carbonyl (C=O) groups excluding carboxylic acids is 2. The van der Waals surface area contributed by atoms with Gasteiger partial charge in [-0.05, 0) is 35.2 Å². The number of rotatable bonds is 9. The molecule has 8 nitrogen and oxygen atoms in total. The molecule has 10 heteroatoms. The first-order valence-electron chi connectivity index (χ1n) is 12.9. The molecule has 0 N–H and O–H groups in total. The lowest BCUT2D eigenvalue weighted by atomic mass is 9.98. The van der Waals surface area contributed by atoms with Crippen LogP contribution in [0.3, 0.4) is 0 Å². The van der Waals surface area contributed by atoms with Crippen molar-refractivity contribution >= 4 is 40.5 Å². The molecule has 3 aromatic rings. The van der Waals surface area contributed by atoms with Gasteiger partial charge in [0.25, 0.3) is 11.8 Å². The molecule has 2 aromatic carbocycles. The maximum atomic E-state index is 13.9. The second-order valence-electron chi connectivity index (χ2n) is 9.42. The van der Waals surface area contributed by atoms with Crippen molar-refractivity contribution in [1.29, 1.82) is 0 Å². The summed E-state index contributed by atoms with van der Waals surface area (Å²) >= 11 is 7.96. The van der Waals surface area contributed by atoms with Crippen LogP contribution in [-0.2, 0) is 9.53 Å². The van der Waals surface area contributed by atoms with Crippen LogP contribution in [-0.4, -0.2) is 85.4 Å². The van der Waals surface area contributed by atoms with Gasteiger partial charge in [0.05, 0.1) is 37.0 Å². The highest BCUT2D eigenvalue weighted by Crippen LogP contribution is 2.36. The lowest BCUT2D eigenvalue weighted by Gasteiger charge is -2.31. The molecule has 1 saturated heterocycles. The summed E-state index contributed by atoms with van der Waals surface area (Å²) in [5.41, 5.74) is 2.45. The number of hydrogen-bond acceptors (Lipinski definition) is 7. The van der Waals surface area contributed by atoms with Gasteiger partial charge in [-0.25, -0.2) is 5.01 Å². The molecular formula is C29H31ClN4O4S. The Hall–Kier alpha value is -3.24.